The molecular formula is C22H20N6OS3. The molecule has 0 spiro atoms. The van der Waals surface area contributed by atoms with Crippen LogP contribution in [0.4, 0.5) is 0 Å². The Bertz CT molecular complexity index is 1260. The first-order valence-electron chi connectivity index (χ1n) is 10.1. The number of rotatable bonds is 6. The van der Waals surface area contributed by atoms with E-state index in [1.165, 1.54) is 11.8 Å². The van der Waals surface area contributed by atoms with Gasteiger partial charge in [-0.3, -0.25) is 4.79 Å². The Labute approximate surface area is 197 Å². The molecule has 1 aromatic carbocycles. The van der Waals surface area contributed by atoms with Crippen LogP contribution in [0.15, 0.2) is 63.5 Å². The maximum atomic E-state index is 13.3. The molecule has 0 saturated heterocycles. The van der Waals surface area contributed by atoms with E-state index in [0.29, 0.717) is 5.16 Å². The Kier molecular flexibility index (Phi) is 5.90. The van der Waals surface area contributed by atoms with Gasteiger partial charge >= 0.3 is 0 Å². The largest absolute Gasteiger partial charge is 0.272 e. The molecule has 162 valence electrons. The van der Waals surface area contributed by atoms with Gasteiger partial charge in [0.15, 0.2) is 0 Å². The number of benzene rings is 1. The predicted molar refractivity (Wildman–Crippen MR) is 129 cm³/mol. The van der Waals surface area contributed by atoms with Crippen LogP contribution in [0.1, 0.15) is 33.3 Å². The van der Waals surface area contributed by atoms with Gasteiger partial charge in [0.2, 0.25) is 5.16 Å². The van der Waals surface area contributed by atoms with E-state index in [2.05, 4.69) is 40.6 Å². The van der Waals surface area contributed by atoms with E-state index in [-0.39, 0.29) is 17.7 Å². The normalized spacial score (nSPS) is 15.9. The molecule has 1 atom stereocenters. The van der Waals surface area contributed by atoms with Gasteiger partial charge in [0.05, 0.1) is 28.1 Å². The van der Waals surface area contributed by atoms with Gasteiger partial charge in [0.1, 0.15) is 0 Å². The first kappa shape index (κ1) is 21.0. The molecule has 7 nitrogen and oxygen atoms in total. The summed E-state index contributed by atoms with van der Waals surface area (Å²) < 4.78 is 1.70. The zero-order valence-electron chi connectivity index (χ0n) is 17.5. The lowest BCUT2D eigenvalue weighted by atomic mass is 10.1. The number of aromatic nitrogens is 4. The van der Waals surface area contributed by atoms with Crippen molar-refractivity contribution in [3.63, 3.8) is 0 Å². The van der Waals surface area contributed by atoms with Crippen molar-refractivity contribution in [2.24, 2.45) is 5.10 Å². The Morgan fingerprint density at radius 2 is 1.97 bits per heavy atom. The molecule has 10 heteroatoms. The van der Waals surface area contributed by atoms with Gasteiger partial charge in [0, 0.05) is 11.3 Å². The van der Waals surface area contributed by atoms with Crippen molar-refractivity contribution in [2.75, 3.05) is 5.75 Å². The van der Waals surface area contributed by atoms with E-state index in [1.54, 1.807) is 32.4 Å². The van der Waals surface area contributed by atoms with Crippen LogP contribution in [0, 0.1) is 13.8 Å². The molecule has 3 aromatic heterocycles. The Morgan fingerprint density at radius 1 is 1.12 bits per heavy atom. The maximum absolute atomic E-state index is 13.3. The van der Waals surface area contributed by atoms with E-state index in [1.807, 2.05) is 41.9 Å². The average molecular weight is 481 g/mol. The third kappa shape index (κ3) is 4.01. The minimum Gasteiger partial charge on any atom is -0.272 e. The fraction of sp³-hybridized carbons (Fsp3) is 0.227. The minimum absolute atomic E-state index is 0.0597. The fourth-order valence-electron chi connectivity index (χ4n) is 3.61. The highest BCUT2D eigenvalue weighted by molar-refractivity contribution is 7.99. The van der Waals surface area contributed by atoms with E-state index in [4.69, 9.17) is 5.10 Å². The summed E-state index contributed by atoms with van der Waals surface area (Å²) in [4.78, 5) is 15.5. The zero-order chi connectivity index (χ0) is 22.1. The lowest BCUT2D eigenvalue weighted by molar-refractivity contribution is -0.130. The second-order valence-corrected chi connectivity index (χ2v) is 10.2. The monoisotopic (exact) mass is 480 g/mol. The van der Waals surface area contributed by atoms with Gasteiger partial charge < -0.3 is 0 Å². The average Bonchev–Trinajstić information content (AvgIpc) is 3.60. The molecule has 0 radical (unpaired) electrons. The Hall–Kier alpha value is -2.82. The van der Waals surface area contributed by atoms with Gasteiger partial charge in [-0.15, -0.1) is 27.8 Å². The van der Waals surface area contributed by atoms with Crippen molar-refractivity contribution in [3.05, 3.63) is 74.1 Å². The molecule has 1 aliphatic heterocycles. The summed E-state index contributed by atoms with van der Waals surface area (Å²) in [5.74, 6) is 0.143. The molecular weight excluding hydrogens is 460 g/mol. The van der Waals surface area contributed by atoms with Crippen LogP contribution in [0.5, 0.6) is 0 Å². The molecule has 0 fully saturated rings. The lowest BCUT2D eigenvalue weighted by Gasteiger charge is -2.20. The van der Waals surface area contributed by atoms with Crippen LogP contribution in [-0.2, 0) is 4.79 Å². The van der Waals surface area contributed by atoms with Crippen LogP contribution in [-0.4, -0.2) is 42.6 Å². The summed E-state index contributed by atoms with van der Waals surface area (Å²) in [6.45, 7) is 4.10. The molecule has 4 heterocycles. The predicted octanol–water partition coefficient (Wildman–Crippen LogP) is 4.87. The fourth-order valence-corrected chi connectivity index (χ4v) is 5.88. The van der Waals surface area contributed by atoms with Crippen LogP contribution in [0.25, 0.3) is 5.69 Å². The molecule has 0 N–H and O–H groups in total. The van der Waals surface area contributed by atoms with Gasteiger partial charge in [-0.05, 0) is 64.4 Å². The smallest absolute Gasteiger partial charge is 0.253 e. The number of carbonyl (C=O) groups excluding carboxylic acids is 1. The van der Waals surface area contributed by atoms with E-state index in [9.17, 15) is 4.79 Å². The van der Waals surface area contributed by atoms with E-state index < -0.39 is 0 Å². The molecule has 1 aliphatic rings. The number of nitrogens with zero attached hydrogens (tertiary/aromatic N) is 6. The van der Waals surface area contributed by atoms with Crippen molar-refractivity contribution in [1.29, 1.82) is 0 Å². The van der Waals surface area contributed by atoms with Crippen molar-refractivity contribution >= 4 is 46.1 Å². The molecule has 1 amide bonds. The molecule has 0 bridgehead atoms. The first-order chi connectivity index (χ1) is 15.6. The quantitative estimate of drug-likeness (QED) is 0.368. The van der Waals surface area contributed by atoms with Gasteiger partial charge in [0.25, 0.3) is 5.91 Å². The van der Waals surface area contributed by atoms with Crippen molar-refractivity contribution in [3.8, 4) is 5.69 Å². The Balaban J connectivity index is 1.37. The lowest BCUT2D eigenvalue weighted by Crippen LogP contribution is -2.28. The second kappa shape index (κ2) is 8.97. The summed E-state index contributed by atoms with van der Waals surface area (Å²) in [5.41, 5.74) is 4.14. The SMILES string of the molecule is Cc1cccc(-n2nnnc2SCC(=O)N2N=C(c3cccs3)C[C@H]2c2cccs2)c1C. The van der Waals surface area contributed by atoms with Crippen LogP contribution in [0.2, 0.25) is 0 Å². The molecule has 5 rings (SSSR count). The number of hydrazone groups is 1. The number of aryl methyl sites for hydroxylation is 1. The summed E-state index contributed by atoms with van der Waals surface area (Å²) in [5, 5.41) is 23.2. The standard InChI is InChI=1S/C22H20N6OS3/c1-14-6-3-7-17(15(14)2)28-22(23-25-26-28)32-13-21(29)27-18(20-9-5-11-31-20)12-16(24-27)19-8-4-10-30-19/h3-11,18H,12-13H2,1-2H3/t18-/m0/s1. The number of hydrogen-bond acceptors (Lipinski definition) is 8. The number of carbonyl (C=O) groups is 1. The van der Waals surface area contributed by atoms with Gasteiger partial charge in [-0.2, -0.15) is 9.78 Å². The highest BCUT2D eigenvalue weighted by Gasteiger charge is 2.34. The maximum Gasteiger partial charge on any atom is 0.253 e. The topological polar surface area (TPSA) is 76.3 Å². The highest BCUT2D eigenvalue weighted by atomic mass is 32.2. The van der Waals surface area contributed by atoms with Crippen molar-refractivity contribution < 1.29 is 4.79 Å². The van der Waals surface area contributed by atoms with E-state index >= 15 is 0 Å². The summed E-state index contributed by atoms with van der Waals surface area (Å²) in [6.07, 6.45) is 0.720. The number of thiophene rings is 2. The van der Waals surface area contributed by atoms with Crippen LogP contribution >= 0.6 is 34.4 Å². The number of hydrogen-bond donors (Lipinski definition) is 0. The molecule has 0 aliphatic carbocycles. The van der Waals surface area contributed by atoms with Crippen LogP contribution in [0.3, 0.4) is 0 Å². The molecule has 4 aromatic rings. The number of tetrazole rings is 1. The van der Waals surface area contributed by atoms with Gasteiger partial charge in [-0.25, -0.2) is 5.01 Å². The van der Waals surface area contributed by atoms with Crippen molar-refractivity contribution in [1.82, 2.24) is 25.2 Å². The Morgan fingerprint density at radius 3 is 2.75 bits per heavy atom. The summed E-state index contributed by atoms with van der Waals surface area (Å²) in [7, 11) is 0. The summed E-state index contributed by atoms with van der Waals surface area (Å²) >= 11 is 4.63. The minimum atomic E-state index is -0.0739. The molecule has 0 saturated carbocycles. The van der Waals surface area contributed by atoms with E-state index in [0.717, 1.165) is 38.7 Å². The first-order valence-corrected chi connectivity index (χ1v) is 12.8. The zero-order valence-corrected chi connectivity index (χ0v) is 20.0. The van der Waals surface area contributed by atoms with Crippen LogP contribution < -0.4 is 0 Å². The van der Waals surface area contributed by atoms with Gasteiger partial charge in [-0.1, -0.05) is 36.0 Å². The molecule has 0 unspecified atom stereocenters. The second-order valence-electron chi connectivity index (χ2n) is 7.38. The molecule has 32 heavy (non-hydrogen) atoms. The third-order valence-electron chi connectivity index (χ3n) is 5.41. The highest BCUT2D eigenvalue weighted by Crippen LogP contribution is 2.36. The number of thioether (sulfide) groups is 1. The summed E-state index contributed by atoms with van der Waals surface area (Å²) in [6, 6.07) is 14.1. The van der Waals surface area contributed by atoms with Crippen molar-refractivity contribution in [2.45, 2.75) is 31.5 Å². The third-order valence-corrected chi connectivity index (χ3v) is 8.21. The number of amides is 1.